The number of carbonyl (C=O) groups excluding carboxylic acids is 1. The molecule has 19 heavy (non-hydrogen) atoms. The van der Waals surface area contributed by atoms with E-state index in [-0.39, 0.29) is 11.9 Å². The Labute approximate surface area is 115 Å². The van der Waals surface area contributed by atoms with Crippen molar-refractivity contribution in [3.05, 3.63) is 23.9 Å². The molecule has 1 fully saturated rings. The fraction of sp³-hybridized carbons (Fsp3) is 0.600. The van der Waals surface area contributed by atoms with E-state index in [1.807, 2.05) is 17.2 Å². The average Bonchev–Trinajstić information content (AvgIpc) is 2.89. The van der Waals surface area contributed by atoms with E-state index >= 15 is 0 Å². The van der Waals surface area contributed by atoms with Crippen molar-refractivity contribution in [2.75, 3.05) is 11.9 Å². The summed E-state index contributed by atoms with van der Waals surface area (Å²) in [5.41, 5.74) is 1.14. The third-order valence-corrected chi connectivity index (χ3v) is 3.84. The number of nitrogens with one attached hydrogen (secondary N) is 1. The molecule has 4 heteroatoms. The van der Waals surface area contributed by atoms with Crippen LogP contribution in [-0.4, -0.2) is 28.4 Å². The van der Waals surface area contributed by atoms with Crippen LogP contribution in [0.1, 0.15) is 51.6 Å². The molecular formula is C15H23N3O. The first kappa shape index (κ1) is 13.8. The predicted molar refractivity (Wildman–Crippen MR) is 77.0 cm³/mol. The Morgan fingerprint density at radius 1 is 1.58 bits per heavy atom. The third-order valence-electron chi connectivity index (χ3n) is 3.84. The number of rotatable bonds is 4. The Bertz CT molecular complexity index is 430. The molecule has 0 spiro atoms. The smallest absolute Gasteiger partial charge is 0.219 e. The molecule has 0 bridgehead atoms. The van der Waals surface area contributed by atoms with Gasteiger partial charge >= 0.3 is 0 Å². The number of amides is 1. The van der Waals surface area contributed by atoms with Gasteiger partial charge in [0.1, 0.15) is 5.82 Å². The molecular weight excluding hydrogens is 238 g/mol. The van der Waals surface area contributed by atoms with Gasteiger partial charge in [0, 0.05) is 25.7 Å². The molecule has 1 saturated heterocycles. The van der Waals surface area contributed by atoms with Gasteiger partial charge in [-0.1, -0.05) is 13.0 Å². The monoisotopic (exact) mass is 261 g/mol. The normalized spacial score (nSPS) is 20.4. The first-order valence-electron chi connectivity index (χ1n) is 7.11. The molecule has 0 saturated carbocycles. The SMILES string of the molecule is CC[C@@H](C)Nc1ccc([C@H]2CCCN2C(C)=O)cn1. The van der Waals surface area contributed by atoms with E-state index in [9.17, 15) is 4.79 Å². The summed E-state index contributed by atoms with van der Waals surface area (Å²) in [7, 11) is 0. The quantitative estimate of drug-likeness (QED) is 0.906. The van der Waals surface area contributed by atoms with Crippen LogP contribution in [0.25, 0.3) is 0 Å². The topological polar surface area (TPSA) is 45.2 Å². The molecule has 0 radical (unpaired) electrons. The van der Waals surface area contributed by atoms with E-state index in [0.29, 0.717) is 6.04 Å². The third kappa shape index (κ3) is 3.25. The van der Waals surface area contributed by atoms with Gasteiger partial charge < -0.3 is 10.2 Å². The molecule has 2 heterocycles. The highest BCUT2D eigenvalue weighted by molar-refractivity contribution is 5.74. The van der Waals surface area contributed by atoms with E-state index in [0.717, 1.165) is 37.2 Å². The van der Waals surface area contributed by atoms with Crippen molar-refractivity contribution in [3.8, 4) is 0 Å². The minimum absolute atomic E-state index is 0.157. The Balaban J connectivity index is 2.07. The van der Waals surface area contributed by atoms with Crippen molar-refractivity contribution in [2.24, 2.45) is 0 Å². The largest absolute Gasteiger partial charge is 0.368 e. The van der Waals surface area contributed by atoms with Gasteiger partial charge in [0.25, 0.3) is 0 Å². The number of carbonyl (C=O) groups is 1. The standard InChI is InChI=1S/C15H23N3O/c1-4-11(2)17-15-8-7-13(10-16-15)14-6-5-9-18(14)12(3)19/h7-8,10-11,14H,4-6,9H2,1-3H3,(H,16,17)/t11-,14-/m1/s1. The lowest BCUT2D eigenvalue weighted by Gasteiger charge is -2.23. The molecule has 1 aliphatic rings. The molecule has 2 atom stereocenters. The van der Waals surface area contributed by atoms with E-state index in [1.165, 1.54) is 0 Å². The van der Waals surface area contributed by atoms with Gasteiger partial charge in [-0.3, -0.25) is 4.79 Å². The minimum atomic E-state index is 0.157. The van der Waals surface area contributed by atoms with Crippen LogP contribution in [0.4, 0.5) is 5.82 Å². The average molecular weight is 261 g/mol. The summed E-state index contributed by atoms with van der Waals surface area (Å²) in [5.74, 6) is 1.06. The molecule has 1 aliphatic heterocycles. The summed E-state index contributed by atoms with van der Waals surface area (Å²) in [6.45, 7) is 6.80. The van der Waals surface area contributed by atoms with Crippen molar-refractivity contribution in [1.29, 1.82) is 0 Å². The highest BCUT2D eigenvalue weighted by Gasteiger charge is 2.27. The molecule has 2 rings (SSSR count). The second kappa shape index (κ2) is 6.04. The van der Waals surface area contributed by atoms with Crippen molar-refractivity contribution in [2.45, 2.75) is 52.1 Å². The first-order valence-corrected chi connectivity index (χ1v) is 7.11. The Hall–Kier alpha value is -1.58. The van der Waals surface area contributed by atoms with Crippen LogP contribution in [0.5, 0.6) is 0 Å². The summed E-state index contributed by atoms with van der Waals surface area (Å²) < 4.78 is 0. The Kier molecular flexibility index (Phi) is 4.40. The van der Waals surface area contributed by atoms with Crippen molar-refractivity contribution >= 4 is 11.7 Å². The molecule has 0 aromatic carbocycles. The summed E-state index contributed by atoms with van der Waals surface area (Å²) in [6, 6.07) is 4.74. The molecule has 1 aromatic heterocycles. The Morgan fingerprint density at radius 3 is 2.95 bits per heavy atom. The number of aromatic nitrogens is 1. The van der Waals surface area contributed by atoms with Crippen LogP contribution in [0, 0.1) is 0 Å². The summed E-state index contributed by atoms with van der Waals surface area (Å²) in [6.07, 6.45) is 5.09. The predicted octanol–water partition coefficient (Wildman–Crippen LogP) is 2.98. The van der Waals surface area contributed by atoms with Crippen LogP contribution >= 0.6 is 0 Å². The maximum atomic E-state index is 11.6. The van der Waals surface area contributed by atoms with Crippen LogP contribution in [-0.2, 0) is 4.79 Å². The van der Waals surface area contributed by atoms with Gasteiger partial charge in [-0.05, 0) is 37.8 Å². The lowest BCUT2D eigenvalue weighted by Crippen LogP contribution is -2.28. The zero-order valence-electron chi connectivity index (χ0n) is 12.0. The first-order chi connectivity index (χ1) is 9.11. The second-order valence-corrected chi connectivity index (χ2v) is 5.30. The minimum Gasteiger partial charge on any atom is -0.368 e. The lowest BCUT2D eigenvalue weighted by molar-refractivity contribution is -0.129. The molecule has 0 aliphatic carbocycles. The Morgan fingerprint density at radius 2 is 2.37 bits per heavy atom. The molecule has 1 amide bonds. The molecule has 0 unspecified atom stereocenters. The maximum Gasteiger partial charge on any atom is 0.219 e. The maximum absolute atomic E-state index is 11.6. The summed E-state index contributed by atoms with van der Waals surface area (Å²) >= 11 is 0. The summed E-state index contributed by atoms with van der Waals surface area (Å²) in [5, 5.41) is 3.35. The zero-order valence-corrected chi connectivity index (χ0v) is 12.0. The van der Waals surface area contributed by atoms with Gasteiger partial charge in [0.2, 0.25) is 5.91 Å². The van der Waals surface area contributed by atoms with Crippen molar-refractivity contribution in [1.82, 2.24) is 9.88 Å². The van der Waals surface area contributed by atoms with Gasteiger partial charge in [-0.2, -0.15) is 0 Å². The van der Waals surface area contributed by atoms with Gasteiger partial charge in [0.15, 0.2) is 0 Å². The number of pyridine rings is 1. The number of hydrogen-bond donors (Lipinski definition) is 1. The van der Waals surface area contributed by atoms with Gasteiger partial charge in [-0.25, -0.2) is 4.98 Å². The van der Waals surface area contributed by atoms with Crippen LogP contribution in [0.3, 0.4) is 0 Å². The number of hydrogen-bond acceptors (Lipinski definition) is 3. The van der Waals surface area contributed by atoms with Crippen LogP contribution < -0.4 is 5.32 Å². The van der Waals surface area contributed by atoms with E-state index < -0.39 is 0 Å². The van der Waals surface area contributed by atoms with Crippen molar-refractivity contribution < 1.29 is 4.79 Å². The van der Waals surface area contributed by atoms with Crippen LogP contribution in [0.15, 0.2) is 18.3 Å². The molecule has 1 aromatic rings. The number of nitrogens with zero attached hydrogens (tertiary/aromatic N) is 2. The lowest BCUT2D eigenvalue weighted by atomic mass is 10.1. The fourth-order valence-corrected chi connectivity index (χ4v) is 2.53. The van der Waals surface area contributed by atoms with Gasteiger partial charge in [0.05, 0.1) is 6.04 Å². The van der Waals surface area contributed by atoms with Gasteiger partial charge in [-0.15, -0.1) is 0 Å². The highest BCUT2D eigenvalue weighted by Crippen LogP contribution is 2.31. The number of anilines is 1. The van der Waals surface area contributed by atoms with E-state index in [2.05, 4.69) is 30.2 Å². The molecule has 1 N–H and O–H groups in total. The van der Waals surface area contributed by atoms with Crippen molar-refractivity contribution in [3.63, 3.8) is 0 Å². The van der Waals surface area contributed by atoms with E-state index in [1.54, 1.807) is 6.92 Å². The summed E-state index contributed by atoms with van der Waals surface area (Å²) in [4.78, 5) is 18.0. The van der Waals surface area contributed by atoms with E-state index in [4.69, 9.17) is 0 Å². The molecule has 104 valence electrons. The second-order valence-electron chi connectivity index (χ2n) is 5.30. The number of likely N-dealkylation sites (tertiary alicyclic amines) is 1. The van der Waals surface area contributed by atoms with Crippen LogP contribution in [0.2, 0.25) is 0 Å². The molecule has 4 nitrogen and oxygen atoms in total. The fourth-order valence-electron chi connectivity index (χ4n) is 2.53. The zero-order chi connectivity index (χ0) is 13.8. The highest BCUT2D eigenvalue weighted by atomic mass is 16.2.